The molecule has 0 spiro atoms. The van der Waals surface area contributed by atoms with Crippen LogP contribution < -0.4 is 16.4 Å². The zero-order chi connectivity index (χ0) is 36.7. The number of carbonyl (C=O) groups is 3. The molecule has 0 unspecified atom stereocenters. The highest BCUT2D eigenvalue weighted by atomic mass is 19.1. The minimum absolute atomic E-state index is 0.00305. The van der Waals surface area contributed by atoms with Gasteiger partial charge in [0, 0.05) is 33.8 Å². The maximum absolute atomic E-state index is 14.0. The summed E-state index contributed by atoms with van der Waals surface area (Å²) in [6.07, 6.45) is 1.62. The fourth-order valence-corrected chi connectivity index (χ4v) is 6.96. The van der Waals surface area contributed by atoms with Gasteiger partial charge in [-0.2, -0.15) is 0 Å². The van der Waals surface area contributed by atoms with E-state index in [1.54, 1.807) is 39.8 Å². The SMILES string of the molecule is C[C@H](NC(=O)OC(C)(C)C)C(=O)O[C@H]1CC[C@H](Nc2cc(-n3c4ccccc4c4c(-c5nc6ccc(F)cc6[nH]5)cccc43)ccc2C(N)=O)CC1. The Morgan fingerprint density at radius 2 is 1.71 bits per heavy atom. The van der Waals surface area contributed by atoms with E-state index in [0.29, 0.717) is 53.8 Å². The van der Waals surface area contributed by atoms with Gasteiger partial charge >= 0.3 is 12.1 Å². The Kier molecular flexibility index (Phi) is 9.08. The molecule has 0 saturated heterocycles. The molecule has 1 aliphatic carbocycles. The summed E-state index contributed by atoms with van der Waals surface area (Å²) in [6, 6.07) is 23.3. The van der Waals surface area contributed by atoms with E-state index in [0.717, 1.165) is 33.1 Å². The lowest BCUT2D eigenvalue weighted by atomic mass is 9.92. The first-order chi connectivity index (χ1) is 24.8. The number of H-pyrrole nitrogens is 1. The summed E-state index contributed by atoms with van der Waals surface area (Å²) in [5.74, 6) is -0.767. The minimum atomic E-state index is -0.855. The Balaban J connectivity index is 1.14. The largest absolute Gasteiger partial charge is 0.461 e. The third kappa shape index (κ3) is 7.01. The number of hydrogen-bond acceptors (Lipinski definition) is 7. The molecule has 1 atom stereocenters. The van der Waals surface area contributed by atoms with Gasteiger partial charge in [0.1, 0.15) is 29.4 Å². The fraction of sp³-hybridized carbons (Fsp3) is 0.300. The maximum Gasteiger partial charge on any atom is 0.408 e. The van der Waals surface area contributed by atoms with Crippen LogP contribution in [-0.2, 0) is 14.3 Å². The molecule has 6 aromatic rings. The number of esters is 1. The second-order valence-electron chi connectivity index (χ2n) is 14.3. The summed E-state index contributed by atoms with van der Waals surface area (Å²) >= 11 is 0. The number of ether oxygens (including phenoxy) is 2. The number of rotatable bonds is 8. The van der Waals surface area contributed by atoms with Crippen molar-refractivity contribution in [3.05, 3.63) is 90.2 Å². The molecule has 4 aromatic carbocycles. The van der Waals surface area contributed by atoms with Crippen LogP contribution in [0.25, 0.3) is 49.9 Å². The molecule has 2 amide bonds. The number of nitrogens with one attached hydrogen (secondary N) is 3. The van der Waals surface area contributed by atoms with Crippen LogP contribution >= 0.6 is 0 Å². The second-order valence-corrected chi connectivity index (χ2v) is 14.3. The number of hydrogen-bond donors (Lipinski definition) is 4. The first-order valence-corrected chi connectivity index (χ1v) is 17.4. The van der Waals surface area contributed by atoms with Crippen LogP contribution in [0.3, 0.4) is 0 Å². The number of para-hydroxylation sites is 1. The summed E-state index contributed by atoms with van der Waals surface area (Å²) in [5.41, 5.74) is 11.0. The van der Waals surface area contributed by atoms with E-state index in [1.165, 1.54) is 12.1 Å². The second kappa shape index (κ2) is 13.7. The highest BCUT2D eigenvalue weighted by Gasteiger charge is 2.28. The molecular weight excluding hydrogens is 663 g/mol. The number of benzene rings is 4. The van der Waals surface area contributed by atoms with E-state index in [1.807, 2.05) is 42.5 Å². The molecule has 1 saturated carbocycles. The van der Waals surface area contributed by atoms with Crippen LogP contribution in [0.1, 0.15) is 63.7 Å². The lowest BCUT2D eigenvalue weighted by molar-refractivity contribution is -0.152. The first-order valence-electron chi connectivity index (χ1n) is 17.4. The number of aromatic nitrogens is 3. The van der Waals surface area contributed by atoms with Gasteiger partial charge in [-0.3, -0.25) is 4.79 Å². The van der Waals surface area contributed by atoms with Crippen LogP contribution in [0.4, 0.5) is 14.9 Å². The molecule has 0 radical (unpaired) electrons. The molecule has 1 aliphatic rings. The van der Waals surface area contributed by atoms with Crippen molar-refractivity contribution >= 4 is 56.5 Å². The number of alkyl carbamates (subject to hydrolysis) is 1. The summed E-state index contributed by atoms with van der Waals surface area (Å²) in [7, 11) is 0. The molecule has 2 heterocycles. The smallest absolute Gasteiger partial charge is 0.408 e. The summed E-state index contributed by atoms with van der Waals surface area (Å²) < 4.78 is 27.1. The van der Waals surface area contributed by atoms with E-state index in [4.69, 9.17) is 20.2 Å². The van der Waals surface area contributed by atoms with Gasteiger partial charge in [-0.15, -0.1) is 0 Å². The lowest BCUT2D eigenvalue weighted by Crippen LogP contribution is -2.44. The molecule has 268 valence electrons. The van der Waals surface area contributed by atoms with Gasteiger partial charge in [0.05, 0.1) is 27.6 Å². The van der Waals surface area contributed by atoms with Crippen LogP contribution in [0, 0.1) is 5.82 Å². The van der Waals surface area contributed by atoms with Gasteiger partial charge in [-0.05, 0) is 102 Å². The Hall–Kier alpha value is -5.91. The topological polar surface area (TPSA) is 153 Å². The molecule has 0 aliphatic heterocycles. The van der Waals surface area contributed by atoms with Crippen molar-refractivity contribution in [1.29, 1.82) is 0 Å². The van der Waals surface area contributed by atoms with Crippen molar-refractivity contribution in [2.45, 2.75) is 77.2 Å². The molecule has 7 rings (SSSR count). The third-order valence-corrected chi connectivity index (χ3v) is 9.33. The van der Waals surface area contributed by atoms with Crippen molar-refractivity contribution in [3.8, 4) is 17.1 Å². The molecule has 0 bridgehead atoms. The Bertz CT molecular complexity index is 2330. The monoisotopic (exact) mass is 704 g/mol. The minimum Gasteiger partial charge on any atom is -0.461 e. The number of fused-ring (bicyclic) bond motifs is 4. The average molecular weight is 705 g/mol. The number of halogens is 1. The standard InChI is InChI=1S/C40H41FN6O5/c1-22(43-39(50)52-40(2,3)4)38(49)51-26-16-13-24(14-17-26)44-31-21-25(15-18-27(31)36(42)48)47-33-10-6-5-8-28(33)35-29(9-7-11-34(35)47)37-45-30-19-12-23(41)20-32(30)46-37/h5-12,15,18-22,24,26,44H,13-14,16-17H2,1-4H3,(H2,42,48)(H,43,50)(H,45,46)/t22-,24-,26-/m0/s1. The fourth-order valence-electron chi connectivity index (χ4n) is 6.96. The number of amides is 2. The number of nitrogens with two attached hydrogens (primary N) is 1. The van der Waals surface area contributed by atoms with Gasteiger partial charge < -0.3 is 35.4 Å². The van der Waals surface area contributed by atoms with E-state index in [2.05, 4.69) is 32.3 Å². The maximum atomic E-state index is 14.0. The molecule has 1 fully saturated rings. The molecular formula is C40H41FN6O5. The quantitative estimate of drug-likeness (QED) is 0.118. The third-order valence-electron chi connectivity index (χ3n) is 9.33. The number of nitrogens with zero attached hydrogens (tertiary/aromatic N) is 2. The van der Waals surface area contributed by atoms with Crippen molar-refractivity contribution in [2.75, 3.05) is 5.32 Å². The molecule has 5 N–H and O–H groups in total. The van der Waals surface area contributed by atoms with Crippen molar-refractivity contribution in [1.82, 2.24) is 19.9 Å². The number of aromatic amines is 1. The summed E-state index contributed by atoms with van der Waals surface area (Å²) in [4.78, 5) is 45.5. The molecule has 12 heteroatoms. The predicted octanol–water partition coefficient (Wildman–Crippen LogP) is 7.74. The summed E-state index contributed by atoms with van der Waals surface area (Å²) in [5, 5.41) is 8.08. The highest BCUT2D eigenvalue weighted by molar-refractivity contribution is 6.15. The van der Waals surface area contributed by atoms with Crippen molar-refractivity contribution in [3.63, 3.8) is 0 Å². The van der Waals surface area contributed by atoms with Crippen LogP contribution in [0.2, 0.25) is 0 Å². The number of primary amides is 1. The van der Waals surface area contributed by atoms with Crippen molar-refractivity contribution < 1.29 is 28.2 Å². The van der Waals surface area contributed by atoms with Gasteiger partial charge in [0.2, 0.25) is 0 Å². The van der Waals surface area contributed by atoms with Crippen LogP contribution in [-0.4, -0.2) is 56.3 Å². The van der Waals surface area contributed by atoms with E-state index in [-0.39, 0.29) is 18.0 Å². The van der Waals surface area contributed by atoms with Crippen LogP contribution in [0.15, 0.2) is 78.9 Å². The van der Waals surface area contributed by atoms with Gasteiger partial charge in [0.15, 0.2) is 0 Å². The molecule has 52 heavy (non-hydrogen) atoms. The van der Waals surface area contributed by atoms with Gasteiger partial charge in [0.25, 0.3) is 5.91 Å². The molecule has 2 aromatic heterocycles. The highest BCUT2D eigenvalue weighted by Crippen LogP contribution is 2.39. The Morgan fingerprint density at radius 3 is 2.46 bits per heavy atom. The van der Waals surface area contributed by atoms with Crippen LogP contribution in [0.5, 0.6) is 0 Å². The predicted molar refractivity (Wildman–Crippen MR) is 199 cm³/mol. The lowest BCUT2D eigenvalue weighted by Gasteiger charge is -2.31. The van der Waals surface area contributed by atoms with E-state index in [9.17, 15) is 18.8 Å². The Morgan fingerprint density at radius 1 is 0.962 bits per heavy atom. The summed E-state index contributed by atoms with van der Waals surface area (Å²) in [6.45, 7) is 6.82. The van der Waals surface area contributed by atoms with E-state index < -0.39 is 29.6 Å². The average Bonchev–Trinajstić information content (AvgIpc) is 3.67. The normalized spacial score (nSPS) is 16.9. The molecule has 11 nitrogen and oxygen atoms in total. The number of carbonyl (C=O) groups excluding carboxylic acids is 3. The number of anilines is 1. The number of imidazole rings is 1. The zero-order valence-corrected chi connectivity index (χ0v) is 29.5. The first kappa shape index (κ1) is 34.5. The van der Waals surface area contributed by atoms with Gasteiger partial charge in [-0.1, -0.05) is 30.3 Å². The van der Waals surface area contributed by atoms with Crippen molar-refractivity contribution in [2.24, 2.45) is 5.73 Å². The van der Waals surface area contributed by atoms with E-state index >= 15 is 0 Å². The zero-order valence-electron chi connectivity index (χ0n) is 29.5. The van der Waals surface area contributed by atoms with Gasteiger partial charge in [-0.25, -0.2) is 19.0 Å². The Labute approximate surface area is 299 Å².